The summed E-state index contributed by atoms with van der Waals surface area (Å²) in [5.41, 5.74) is 1.93. The highest BCUT2D eigenvalue weighted by molar-refractivity contribution is 6.40. The minimum absolute atomic E-state index is 0.241. The summed E-state index contributed by atoms with van der Waals surface area (Å²) in [5.74, 6) is -0.709. The van der Waals surface area contributed by atoms with Crippen LogP contribution in [0.2, 0.25) is 5.02 Å². The van der Waals surface area contributed by atoms with Crippen LogP contribution in [0.15, 0.2) is 78.1 Å². The van der Waals surface area contributed by atoms with Crippen LogP contribution in [0.4, 0.5) is 5.69 Å². The second kappa shape index (κ2) is 7.36. The summed E-state index contributed by atoms with van der Waals surface area (Å²) in [6.07, 6.45) is 3.00. The Kier molecular flexibility index (Phi) is 5.16. The lowest BCUT2D eigenvalue weighted by Gasteiger charge is -2.26. The summed E-state index contributed by atoms with van der Waals surface area (Å²) >= 11 is 12.4. The Morgan fingerprint density at radius 2 is 1.65 bits per heavy atom. The van der Waals surface area contributed by atoms with Gasteiger partial charge in [0.2, 0.25) is 5.78 Å². The number of alkyl halides is 1. The normalized spacial score (nSPS) is 19.0. The molecule has 0 radical (unpaired) electrons. The van der Waals surface area contributed by atoms with Crippen LogP contribution in [0.1, 0.15) is 17.3 Å². The van der Waals surface area contributed by atoms with E-state index in [1.54, 1.807) is 49.4 Å². The van der Waals surface area contributed by atoms with Crippen molar-refractivity contribution in [2.45, 2.75) is 11.8 Å². The molecule has 0 spiro atoms. The first-order chi connectivity index (χ1) is 12.4. The molecule has 0 saturated carbocycles. The molecule has 1 aliphatic heterocycles. The smallest absolute Gasteiger partial charge is 0.253 e. The number of amides is 1. The molecule has 3 rings (SSSR count). The van der Waals surface area contributed by atoms with E-state index < -0.39 is 10.8 Å². The summed E-state index contributed by atoms with van der Waals surface area (Å²) in [7, 11) is 0. The van der Waals surface area contributed by atoms with Crippen molar-refractivity contribution in [3.63, 3.8) is 0 Å². The number of Topliss-reactive ketones (excluding diaryl/α,β-unsaturated/α-hetero) is 1. The minimum atomic E-state index is -1.47. The molecule has 0 bridgehead atoms. The standard InChI is InChI=1S/C20H16Cl2N2O2/c1-13-11-20(22,19(26)24-16-5-3-2-4-6-16)12-17(23-13)18(25)14-7-9-15(21)10-8-14/h2-12,23H,1H3,(H,24,26). The van der Waals surface area contributed by atoms with Gasteiger partial charge in [-0.3, -0.25) is 9.59 Å². The van der Waals surface area contributed by atoms with Crippen LogP contribution in [0.5, 0.6) is 0 Å². The lowest BCUT2D eigenvalue weighted by atomic mass is 9.97. The van der Waals surface area contributed by atoms with Gasteiger partial charge in [-0.25, -0.2) is 0 Å². The van der Waals surface area contributed by atoms with Crippen LogP contribution >= 0.6 is 23.2 Å². The topological polar surface area (TPSA) is 58.2 Å². The lowest BCUT2D eigenvalue weighted by Crippen LogP contribution is -2.40. The van der Waals surface area contributed by atoms with Crippen molar-refractivity contribution in [1.82, 2.24) is 5.32 Å². The van der Waals surface area contributed by atoms with Gasteiger partial charge in [-0.05, 0) is 55.5 Å². The summed E-state index contributed by atoms with van der Waals surface area (Å²) < 4.78 is 0. The molecule has 1 atom stereocenters. The van der Waals surface area contributed by atoms with Gasteiger partial charge in [0.1, 0.15) is 0 Å². The molecule has 0 aliphatic carbocycles. The highest BCUT2D eigenvalue weighted by Gasteiger charge is 2.36. The Bertz CT molecular complexity index is 905. The fourth-order valence-electron chi connectivity index (χ4n) is 2.61. The Morgan fingerprint density at radius 1 is 1.00 bits per heavy atom. The number of halogens is 2. The molecule has 1 unspecified atom stereocenters. The number of benzene rings is 2. The largest absolute Gasteiger partial charge is 0.356 e. The molecular formula is C20H16Cl2N2O2. The molecule has 1 heterocycles. The molecule has 26 heavy (non-hydrogen) atoms. The van der Waals surface area contributed by atoms with Crippen molar-refractivity contribution in [3.05, 3.63) is 88.7 Å². The van der Waals surface area contributed by atoms with Crippen molar-refractivity contribution in [3.8, 4) is 0 Å². The molecule has 2 aromatic carbocycles. The number of nitrogens with one attached hydrogen (secondary N) is 2. The molecule has 0 fully saturated rings. The first-order valence-electron chi connectivity index (χ1n) is 7.92. The van der Waals surface area contributed by atoms with Crippen LogP contribution in [0.3, 0.4) is 0 Å². The van der Waals surface area contributed by atoms with E-state index in [-0.39, 0.29) is 11.5 Å². The number of anilines is 1. The predicted molar refractivity (Wildman–Crippen MR) is 104 cm³/mol. The number of para-hydroxylation sites is 1. The number of hydrogen-bond donors (Lipinski definition) is 2. The van der Waals surface area contributed by atoms with E-state index in [0.29, 0.717) is 22.0 Å². The van der Waals surface area contributed by atoms with Crippen molar-refractivity contribution in [2.24, 2.45) is 0 Å². The summed E-state index contributed by atoms with van der Waals surface area (Å²) in [6.45, 7) is 1.75. The van der Waals surface area contributed by atoms with E-state index in [2.05, 4.69) is 10.6 Å². The van der Waals surface area contributed by atoms with Crippen LogP contribution in [-0.4, -0.2) is 16.6 Å². The Morgan fingerprint density at radius 3 is 2.31 bits per heavy atom. The van der Waals surface area contributed by atoms with Crippen LogP contribution < -0.4 is 10.6 Å². The fraction of sp³-hybridized carbons (Fsp3) is 0.100. The average Bonchev–Trinajstić information content (AvgIpc) is 2.62. The molecule has 1 amide bonds. The van der Waals surface area contributed by atoms with E-state index >= 15 is 0 Å². The van der Waals surface area contributed by atoms with E-state index in [9.17, 15) is 9.59 Å². The number of rotatable bonds is 4. The van der Waals surface area contributed by atoms with Gasteiger partial charge in [0.05, 0.1) is 5.70 Å². The Balaban J connectivity index is 1.88. The minimum Gasteiger partial charge on any atom is -0.356 e. The van der Waals surface area contributed by atoms with Gasteiger partial charge in [0.25, 0.3) is 5.91 Å². The van der Waals surface area contributed by atoms with Gasteiger partial charge in [-0.2, -0.15) is 0 Å². The van der Waals surface area contributed by atoms with E-state index in [0.717, 1.165) is 0 Å². The maximum Gasteiger partial charge on any atom is 0.253 e. The quantitative estimate of drug-likeness (QED) is 0.599. The molecule has 132 valence electrons. The molecule has 1 aliphatic rings. The van der Waals surface area contributed by atoms with Crippen LogP contribution in [0, 0.1) is 0 Å². The van der Waals surface area contributed by atoms with Crippen molar-refractivity contribution in [1.29, 1.82) is 0 Å². The third-order valence-corrected chi connectivity index (χ3v) is 4.49. The Hall–Kier alpha value is -2.56. The van der Waals surface area contributed by atoms with Gasteiger partial charge < -0.3 is 10.6 Å². The second-order valence-corrected chi connectivity index (χ2v) is 7.00. The zero-order valence-electron chi connectivity index (χ0n) is 13.9. The first-order valence-corrected chi connectivity index (χ1v) is 8.68. The zero-order chi connectivity index (χ0) is 18.7. The van der Waals surface area contributed by atoms with E-state index in [4.69, 9.17) is 23.2 Å². The number of ketones is 1. The lowest BCUT2D eigenvalue weighted by molar-refractivity contribution is -0.116. The average molecular weight is 387 g/mol. The van der Waals surface area contributed by atoms with Gasteiger partial charge in [0.15, 0.2) is 4.87 Å². The summed E-state index contributed by atoms with van der Waals surface area (Å²) in [4.78, 5) is 24.0. The second-order valence-electron chi connectivity index (χ2n) is 5.93. The molecule has 2 N–H and O–H groups in total. The number of allylic oxidation sites excluding steroid dienone is 2. The molecule has 4 nitrogen and oxygen atoms in total. The van der Waals surface area contributed by atoms with E-state index in [1.807, 2.05) is 18.2 Å². The molecule has 2 aromatic rings. The van der Waals surface area contributed by atoms with Crippen molar-refractivity contribution < 1.29 is 9.59 Å². The van der Waals surface area contributed by atoms with Crippen LogP contribution in [-0.2, 0) is 4.79 Å². The molecular weight excluding hydrogens is 371 g/mol. The Labute approximate surface area is 161 Å². The molecule has 0 aromatic heterocycles. The number of carbonyl (C=O) groups excluding carboxylic acids is 2. The maximum atomic E-state index is 12.7. The van der Waals surface area contributed by atoms with Gasteiger partial charge in [-0.15, -0.1) is 0 Å². The fourth-order valence-corrected chi connectivity index (χ4v) is 3.06. The van der Waals surface area contributed by atoms with Crippen molar-refractivity contribution >= 4 is 40.6 Å². The summed E-state index contributed by atoms with van der Waals surface area (Å²) in [6, 6.07) is 15.5. The third kappa shape index (κ3) is 3.98. The number of hydrogen-bond acceptors (Lipinski definition) is 3. The number of carbonyl (C=O) groups is 2. The first kappa shape index (κ1) is 18.2. The summed E-state index contributed by atoms with van der Waals surface area (Å²) in [5, 5.41) is 6.28. The van der Waals surface area contributed by atoms with Gasteiger partial charge >= 0.3 is 0 Å². The van der Waals surface area contributed by atoms with Crippen LogP contribution in [0.25, 0.3) is 0 Å². The highest BCUT2D eigenvalue weighted by Crippen LogP contribution is 2.29. The predicted octanol–water partition coefficient (Wildman–Crippen LogP) is 4.53. The number of dihydropyridines is 1. The molecule has 6 heteroatoms. The van der Waals surface area contributed by atoms with Crippen molar-refractivity contribution in [2.75, 3.05) is 5.32 Å². The monoisotopic (exact) mass is 386 g/mol. The maximum absolute atomic E-state index is 12.7. The third-order valence-electron chi connectivity index (χ3n) is 3.84. The van der Waals surface area contributed by atoms with E-state index in [1.165, 1.54) is 6.08 Å². The SMILES string of the molecule is CC1=CC(Cl)(C(=O)Nc2ccccc2)C=C(C(=O)c2ccc(Cl)cc2)N1. The highest BCUT2D eigenvalue weighted by atomic mass is 35.5. The zero-order valence-corrected chi connectivity index (χ0v) is 15.4. The van der Waals surface area contributed by atoms with Gasteiger partial charge in [-0.1, -0.05) is 41.4 Å². The molecule has 0 saturated heterocycles. The van der Waals surface area contributed by atoms with Gasteiger partial charge in [0, 0.05) is 22.0 Å².